The number of anilines is 1. The van der Waals surface area contributed by atoms with Crippen molar-refractivity contribution in [3.05, 3.63) is 28.2 Å². The van der Waals surface area contributed by atoms with Crippen molar-refractivity contribution in [1.29, 1.82) is 0 Å². The van der Waals surface area contributed by atoms with Crippen molar-refractivity contribution in [2.24, 2.45) is 0 Å². The summed E-state index contributed by atoms with van der Waals surface area (Å²) in [4.78, 5) is 2.37. The summed E-state index contributed by atoms with van der Waals surface area (Å²) in [5.74, 6) is 0. The number of nitrogens with one attached hydrogen (secondary N) is 1. The van der Waals surface area contributed by atoms with E-state index >= 15 is 0 Å². The highest BCUT2D eigenvalue weighted by Gasteiger charge is 2.22. The van der Waals surface area contributed by atoms with E-state index in [-0.39, 0.29) is 6.61 Å². The lowest BCUT2D eigenvalue weighted by molar-refractivity contribution is 0.297. The van der Waals surface area contributed by atoms with Gasteiger partial charge in [0.05, 0.1) is 6.61 Å². The van der Waals surface area contributed by atoms with Gasteiger partial charge in [-0.15, -0.1) is 0 Å². The fourth-order valence-electron chi connectivity index (χ4n) is 3.02. The van der Waals surface area contributed by atoms with Crippen molar-refractivity contribution in [3.8, 4) is 0 Å². The quantitative estimate of drug-likeness (QED) is 0.783. The number of benzene rings is 1. The minimum absolute atomic E-state index is 0.213. The highest BCUT2D eigenvalue weighted by atomic mass is 79.9. The molecule has 118 valence electrons. The van der Waals surface area contributed by atoms with Crippen LogP contribution in [0.15, 0.2) is 22.7 Å². The van der Waals surface area contributed by atoms with Gasteiger partial charge in [-0.3, -0.25) is 0 Å². The molecule has 1 aliphatic rings. The SMILES string of the molecule is CC(C)NCc1ccc(N(CCO)C2CCCC2)cc1Br. The molecule has 2 rings (SSSR count). The van der Waals surface area contributed by atoms with Crippen molar-refractivity contribution in [2.75, 3.05) is 18.1 Å². The molecule has 1 aromatic rings. The first kappa shape index (κ1) is 16.8. The van der Waals surface area contributed by atoms with Gasteiger partial charge in [-0.1, -0.05) is 48.7 Å². The normalized spacial score (nSPS) is 15.9. The van der Waals surface area contributed by atoms with E-state index in [1.165, 1.54) is 36.9 Å². The molecule has 1 aliphatic carbocycles. The monoisotopic (exact) mass is 354 g/mol. The lowest BCUT2D eigenvalue weighted by Crippen LogP contribution is -2.35. The molecule has 0 unspecified atom stereocenters. The lowest BCUT2D eigenvalue weighted by atomic mass is 10.1. The third-order valence-corrected chi connectivity index (χ3v) is 4.91. The van der Waals surface area contributed by atoms with Gasteiger partial charge in [-0.25, -0.2) is 0 Å². The van der Waals surface area contributed by atoms with E-state index in [9.17, 15) is 5.11 Å². The molecule has 0 saturated heterocycles. The standard InChI is InChI=1S/C17H27BrN2O/c1-13(2)19-12-14-7-8-16(11-17(14)18)20(9-10-21)15-5-3-4-6-15/h7-8,11,13,15,19,21H,3-6,9-10,12H2,1-2H3. The second-order valence-electron chi connectivity index (χ2n) is 6.17. The van der Waals surface area contributed by atoms with Crippen LogP contribution < -0.4 is 10.2 Å². The fourth-order valence-corrected chi connectivity index (χ4v) is 3.53. The molecule has 0 aliphatic heterocycles. The molecule has 3 nitrogen and oxygen atoms in total. The number of nitrogens with zero attached hydrogens (tertiary/aromatic N) is 1. The van der Waals surface area contributed by atoms with Crippen molar-refractivity contribution < 1.29 is 5.11 Å². The predicted molar refractivity (Wildman–Crippen MR) is 92.8 cm³/mol. The summed E-state index contributed by atoms with van der Waals surface area (Å²) in [6, 6.07) is 7.65. The molecule has 2 N–H and O–H groups in total. The van der Waals surface area contributed by atoms with Crippen LogP contribution in [0.3, 0.4) is 0 Å². The minimum atomic E-state index is 0.213. The van der Waals surface area contributed by atoms with E-state index in [4.69, 9.17) is 0 Å². The summed E-state index contributed by atoms with van der Waals surface area (Å²) >= 11 is 3.70. The Labute approximate surface area is 136 Å². The number of hydrogen-bond acceptors (Lipinski definition) is 3. The first-order valence-corrected chi connectivity index (χ1v) is 8.80. The maximum atomic E-state index is 9.36. The Kier molecular flexibility index (Phi) is 6.52. The molecule has 1 aromatic carbocycles. The third kappa shape index (κ3) is 4.70. The molecular weight excluding hydrogens is 328 g/mol. The van der Waals surface area contributed by atoms with Gasteiger partial charge in [-0.05, 0) is 30.5 Å². The topological polar surface area (TPSA) is 35.5 Å². The van der Waals surface area contributed by atoms with Gasteiger partial charge in [0.25, 0.3) is 0 Å². The number of aliphatic hydroxyl groups is 1. The van der Waals surface area contributed by atoms with E-state index in [1.54, 1.807) is 0 Å². The molecule has 0 atom stereocenters. The summed E-state index contributed by atoms with van der Waals surface area (Å²) in [6.07, 6.45) is 5.11. The molecule has 0 heterocycles. The van der Waals surface area contributed by atoms with E-state index < -0.39 is 0 Å². The van der Waals surface area contributed by atoms with Crippen LogP contribution in [-0.2, 0) is 6.54 Å². The molecule has 1 fully saturated rings. The van der Waals surface area contributed by atoms with Crippen LogP contribution in [0.4, 0.5) is 5.69 Å². The first-order valence-electron chi connectivity index (χ1n) is 8.01. The Hall–Kier alpha value is -0.580. The minimum Gasteiger partial charge on any atom is -0.395 e. The maximum Gasteiger partial charge on any atom is 0.0606 e. The van der Waals surface area contributed by atoms with Crippen LogP contribution in [0.5, 0.6) is 0 Å². The lowest BCUT2D eigenvalue weighted by Gasteiger charge is -2.31. The van der Waals surface area contributed by atoms with Crippen molar-refractivity contribution in [2.45, 2.75) is 58.2 Å². The molecular formula is C17H27BrN2O. The van der Waals surface area contributed by atoms with E-state index in [1.807, 2.05) is 0 Å². The Balaban J connectivity index is 2.11. The Morgan fingerprint density at radius 2 is 2.05 bits per heavy atom. The van der Waals surface area contributed by atoms with Gasteiger partial charge in [0.1, 0.15) is 0 Å². The Bertz CT molecular complexity index is 444. The highest BCUT2D eigenvalue weighted by molar-refractivity contribution is 9.10. The number of halogens is 1. The van der Waals surface area contributed by atoms with Crippen LogP contribution in [0.25, 0.3) is 0 Å². The maximum absolute atomic E-state index is 9.36. The van der Waals surface area contributed by atoms with Crippen molar-refractivity contribution in [1.82, 2.24) is 5.32 Å². The third-order valence-electron chi connectivity index (χ3n) is 4.18. The fraction of sp³-hybridized carbons (Fsp3) is 0.647. The second kappa shape index (κ2) is 8.16. The van der Waals surface area contributed by atoms with Crippen LogP contribution >= 0.6 is 15.9 Å². The molecule has 0 aromatic heterocycles. The molecule has 0 amide bonds. The molecule has 0 bridgehead atoms. The molecule has 1 saturated carbocycles. The molecule has 21 heavy (non-hydrogen) atoms. The summed E-state index contributed by atoms with van der Waals surface area (Å²) in [7, 11) is 0. The van der Waals surface area contributed by atoms with Crippen LogP contribution in [0.2, 0.25) is 0 Å². The molecule has 0 radical (unpaired) electrons. The predicted octanol–water partition coefficient (Wildman–Crippen LogP) is 3.69. The smallest absolute Gasteiger partial charge is 0.0606 e. The number of hydrogen-bond donors (Lipinski definition) is 2. The second-order valence-corrected chi connectivity index (χ2v) is 7.02. The summed E-state index contributed by atoms with van der Waals surface area (Å²) in [6.45, 7) is 6.13. The Morgan fingerprint density at radius 3 is 2.62 bits per heavy atom. The average Bonchev–Trinajstić information content (AvgIpc) is 2.97. The summed E-state index contributed by atoms with van der Waals surface area (Å²) < 4.78 is 1.15. The zero-order chi connectivity index (χ0) is 15.2. The van der Waals surface area contributed by atoms with Crippen LogP contribution in [-0.4, -0.2) is 30.3 Å². The van der Waals surface area contributed by atoms with Crippen molar-refractivity contribution in [3.63, 3.8) is 0 Å². The van der Waals surface area contributed by atoms with Gasteiger partial charge < -0.3 is 15.3 Å². The van der Waals surface area contributed by atoms with E-state index in [0.29, 0.717) is 12.1 Å². The Morgan fingerprint density at radius 1 is 1.33 bits per heavy atom. The van der Waals surface area contributed by atoms with Gasteiger partial charge in [0.2, 0.25) is 0 Å². The first-order chi connectivity index (χ1) is 10.1. The number of aliphatic hydroxyl groups excluding tert-OH is 1. The van der Waals surface area contributed by atoms with E-state index in [2.05, 4.69) is 58.2 Å². The van der Waals surface area contributed by atoms with E-state index in [0.717, 1.165) is 17.6 Å². The molecule has 4 heteroatoms. The molecule has 0 spiro atoms. The van der Waals surface area contributed by atoms with Gasteiger partial charge in [-0.2, -0.15) is 0 Å². The van der Waals surface area contributed by atoms with Gasteiger partial charge >= 0.3 is 0 Å². The zero-order valence-corrected chi connectivity index (χ0v) is 14.7. The average molecular weight is 355 g/mol. The van der Waals surface area contributed by atoms with Crippen LogP contribution in [0, 0.1) is 0 Å². The van der Waals surface area contributed by atoms with Crippen molar-refractivity contribution >= 4 is 21.6 Å². The number of rotatable bonds is 7. The summed E-state index contributed by atoms with van der Waals surface area (Å²) in [5.41, 5.74) is 2.50. The van der Waals surface area contributed by atoms with Gasteiger partial charge in [0.15, 0.2) is 0 Å². The van der Waals surface area contributed by atoms with Crippen LogP contribution in [0.1, 0.15) is 45.1 Å². The largest absolute Gasteiger partial charge is 0.395 e. The highest BCUT2D eigenvalue weighted by Crippen LogP contribution is 2.31. The summed E-state index contributed by atoms with van der Waals surface area (Å²) in [5, 5.41) is 12.8. The van der Waals surface area contributed by atoms with Gasteiger partial charge in [0, 0.05) is 35.3 Å². The zero-order valence-electron chi connectivity index (χ0n) is 13.1.